The van der Waals surface area contributed by atoms with Crippen LogP contribution in [0.1, 0.15) is 30.9 Å². The lowest BCUT2D eigenvalue weighted by molar-refractivity contribution is 0.102. The highest BCUT2D eigenvalue weighted by molar-refractivity contribution is 6.30. The number of nitrogens with one attached hydrogen (secondary N) is 1. The molecule has 1 fully saturated rings. The molecule has 18 heavy (non-hydrogen) atoms. The molecular formula is C14H20ClNO2. The number of rotatable bonds is 6. The molecule has 2 N–H and O–H groups in total. The molecule has 2 unspecified atom stereocenters. The van der Waals surface area contributed by atoms with Gasteiger partial charge in [0.2, 0.25) is 0 Å². The fourth-order valence-corrected chi connectivity index (χ4v) is 2.30. The molecule has 2 rings (SSSR count). The molecule has 1 aliphatic heterocycles. The molecule has 2 atom stereocenters. The average Bonchev–Trinajstić information content (AvgIpc) is 2.88. The zero-order valence-electron chi connectivity index (χ0n) is 10.4. The fourth-order valence-electron chi connectivity index (χ4n) is 2.18. The Morgan fingerprint density at radius 3 is 2.83 bits per heavy atom. The third kappa shape index (κ3) is 4.25. The summed E-state index contributed by atoms with van der Waals surface area (Å²) in [6, 6.07) is 7.31. The van der Waals surface area contributed by atoms with E-state index >= 15 is 0 Å². The smallest absolute Gasteiger partial charge is 0.0914 e. The Morgan fingerprint density at radius 1 is 1.39 bits per heavy atom. The van der Waals surface area contributed by atoms with E-state index in [-0.39, 0.29) is 0 Å². The van der Waals surface area contributed by atoms with Gasteiger partial charge in [-0.25, -0.2) is 0 Å². The molecule has 0 radical (unpaired) electrons. The van der Waals surface area contributed by atoms with Crippen molar-refractivity contribution < 1.29 is 9.84 Å². The van der Waals surface area contributed by atoms with Crippen molar-refractivity contribution in [1.29, 1.82) is 0 Å². The van der Waals surface area contributed by atoms with Crippen molar-refractivity contribution in [2.24, 2.45) is 0 Å². The van der Waals surface area contributed by atoms with E-state index in [1.165, 1.54) is 12.8 Å². The number of hydrogen-bond acceptors (Lipinski definition) is 3. The van der Waals surface area contributed by atoms with Crippen molar-refractivity contribution in [2.75, 3.05) is 19.7 Å². The fraction of sp³-hybridized carbons (Fsp3) is 0.571. The number of benzene rings is 1. The van der Waals surface area contributed by atoms with Gasteiger partial charge in [-0.2, -0.15) is 0 Å². The highest BCUT2D eigenvalue weighted by Crippen LogP contribution is 2.16. The van der Waals surface area contributed by atoms with Crippen LogP contribution in [0.15, 0.2) is 24.3 Å². The van der Waals surface area contributed by atoms with Crippen LogP contribution in [0.4, 0.5) is 0 Å². The lowest BCUT2D eigenvalue weighted by Crippen LogP contribution is -2.25. The van der Waals surface area contributed by atoms with Crippen LogP contribution in [0.3, 0.4) is 0 Å². The third-order valence-electron chi connectivity index (χ3n) is 3.26. The van der Waals surface area contributed by atoms with Crippen LogP contribution < -0.4 is 5.32 Å². The molecule has 1 aromatic rings. The lowest BCUT2D eigenvalue weighted by Gasteiger charge is -2.14. The van der Waals surface area contributed by atoms with E-state index in [1.54, 1.807) is 12.1 Å². The molecule has 4 heteroatoms. The molecule has 0 aliphatic carbocycles. The second kappa shape index (κ2) is 7.10. The summed E-state index contributed by atoms with van der Waals surface area (Å²) in [7, 11) is 0. The maximum absolute atomic E-state index is 9.97. The molecule has 1 saturated heterocycles. The Hall–Kier alpha value is -0.610. The van der Waals surface area contributed by atoms with Gasteiger partial charge in [0.05, 0.1) is 12.2 Å². The first-order valence-electron chi connectivity index (χ1n) is 6.51. The Balaban J connectivity index is 1.64. The maximum atomic E-state index is 9.97. The van der Waals surface area contributed by atoms with Crippen molar-refractivity contribution in [3.05, 3.63) is 34.9 Å². The molecule has 3 nitrogen and oxygen atoms in total. The molecular weight excluding hydrogens is 250 g/mol. The van der Waals surface area contributed by atoms with Gasteiger partial charge in [-0.05, 0) is 43.5 Å². The van der Waals surface area contributed by atoms with E-state index in [0.29, 0.717) is 17.7 Å². The minimum atomic E-state index is -0.480. The molecule has 1 aromatic carbocycles. The van der Waals surface area contributed by atoms with Crippen molar-refractivity contribution >= 4 is 11.6 Å². The summed E-state index contributed by atoms with van der Waals surface area (Å²) in [5, 5.41) is 13.9. The molecule has 100 valence electrons. The van der Waals surface area contributed by atoms with Gasteiger partial charge in [0.15, 0.2) is 0 Å². The van der Waals surface area contributed by atoms with E-state index in [2.05, 4.69) is 5.32 Å². The molecule has 0 bridgehead atoms. The molecule has 0 amide bonds. The lowest BCUT2D eigenvalue weighted by atomic mass is 10.1. The second-order valence-electron chi connectivity index (χ2n) is 4.70. The summed E-state index contributed by atoms with van der Waals surface area (Å²) in [6.07, 6.45) is 3.30. The minimum Gasteiger partial charge on any atom is -0.387 e. The van der Waals surface area contributed by atoms with Crippen LogP contribution in [-0.4, -0.2) is 30.9 Å². The highest BCUT2D eigenvalue weighted by atomic mass is 35.5. The Bertz CT molecular complexity index is 349. The van der Waals surface area contributed by atoms with E-state index in [4.69, 9.17) is 16.3 Å². The van der Waals surface area contributed by atoms with Gasteiger partial charge in [0.25, 0.3) is 0 Å². The first-order valence-corrected chi connectivity index (χ1v) is 6.89. The van der Waals surface area contributed by atoms with Gasteiger partial charge >= 0.3 is 0 Å². The average molecular weight is 270 g/mol. The number of ether oxygens (including phenoxy) is 1. The quantitative estimate of drug-likeness (QED) is 0.780. The molecule has 0 saturated carbocycles. The summed E-state index contributed by atoms with van der Waals surface area (Å²) in [4.78, 5) is 0. The Morgan fingerprint density at radius 2 is 2.17 bits per heavy atom. The van der Waals surface area contributed by atoms with Crippen LogP contribution in [0.2, 0.25) is 5.02 Å². The summed E-state index contributed by atoms with van der Waals surface area (Å²) < 4.78 is 5.54. The Kier molecular flexibility index (Phi) is 5.45. The van der Waals surface area contributed by atoms with Crippen LogP contribution in [0, 0.1) is 0 Å². The van der Waals surface area contributed by atoms with Gasteiger partial charge in [0.1, 0.15) is 0 Å². The second-order valence-corrected chi connectivity index (χ2v) is 5.13. The molecule has 1 aliphatic rings. The summed E-state index contributed by atoms with van der Waals surface area (Å²) in [5.74, 6) is 0. The SMILES string of the molecule is OC(CNCCC1CCCO1)c1ccc(Cl)cc1. The van der Waals surface area contributed by atoms with Crippen molar-refractivity contribution in [1.82, 2.24) is 5.32 Å². The molecule has 0 spiro atoms. The highest BCUT2D eigenvalue weighted by Gasteiger charge is 2.14. The molecule has 1 heterocycles. The molecule has 0 aromatic heterocycles. The monoisotopic (exact) mass is 269 g/mol. The van der Waals surface area contributed by atoms with E-state index < -0.39 is 6.10 Å². The van der Waals surface area contributed by atoms with Crippen molar-refractivity contribution in [3.8, 4) is 0 Å². The number of aliphatic hydroxyl groups is 1. The van der Waals surface area contributed by atoms with Crippen LogP contribution >= 0.6 is 11.6 Å². The van der Waals surface area contributed by atoms with Crippen LogP contribution in [-0.2, 0) is 4.74 Å². The maximum Gasteiger partial charge on any atom is 0.0914 e. The standard InChI is InChI=1S/C14H20ClNO2/c15-12-5-3-11(4-6-12)14(17)10-16-8-7-13-2-1-9-18-13/h3-6,13-14,16-17H,1-2,7-10H2. The van der Waals surface area contributed by atoms with Crippen molar-refractivity contribution in [3.63, 3.8) is 0 Å². The summed E-state index contributed by atoms with van der Waals surface area (Å²) in [6.45, 7) is 2.35. The number of aliphatic hydroxyl groups excluding tert-OH is 1. The predicted molar refractivity (Wildman–Crippen MR) is 72.9 cm³/mol. The van der Waals surface area contributed by atoms with Gasteiger partial charge in [-0.1, -0.05) is 23.7 Å². The first-order chi connectivity index (χ1) is 8.75. The zero-order chi connectivity index (χ0) is 12.8. The summed E-state index contributed by atoms with van der Waals surface area (Å²) >= 11 is 5.80. The summed E-state index contributed by atoms with van der Waals surface area (Å²) in [5.41, 5.74) is 0.893. The van der Waals surface area contributed by atoms with Gasteiger partial charge in [-0.15, -0.1) is 0 Å². The van der Waals surface area contributed by atoms with Crippen LogP contribution in [0.5, 0.6) is 0 Å². The van der Waals surface area contributed by atoms with Gasteiger partial charge < -0.3 is 15.2 Å². The normalized spacial score (nSPS) is 21.1. The van der Waals surface area contributed by atoms with Crippen LogP contribution in [0.25, 0.3) is 0 Å². The van der Waals surface area contributed by atoms with E-state index in [0.717, 1.165) is 25.1 Å². The predicted octanol–water partition coefficient (Wildman–Crippen LogP) is 2.53. The number of halogens is 1. The van der Waals surface area contributed by atoms with Gasteiger partial charge in [0, 0.05) is 18.2 Å². The number of hydrogen-bond donors (Lipinski definition) is 2. The first kappa shape index (κ1) is 13.8. The van der Waals surface area contributed by atoms with Crippen molar-refractivity contribution in [2.45, 2.75) is 31.5 Å². The largest absolute Gasteiger partial charge is 0.387 e. The van der Waals surface area contributed by atoms with E-state index in [1.807, 2.05) is 12.1 Å². The zero-order valence-corrected chi connectivity index (χ0v) is 11.2. The minimum absolute atomic E-state index is 0.408. The topological polar surface area (TPSA) is 41.5 Å². The Labute approximate surface area is 113 Å². The van der Waals surface area contributed by atoms with Gasteiger partial charge in [-0.3, -0.25) is 0 Å². The van der Waals surface area contributed by atoms with E-state index in [9.17, 15) is 5.11 Å². The third-order valence-corrected chi connectivity index (χ3v) is 3.51.